The van der Waals surface area contributed by atoms with E-state index in [0.717, 1.165) is 17.9 Å². The van der Waals surface area contributed by atoms with Crippen LogP contribution < -0.4 is 5.73 Å². The van der Waals surface area contributed by atoms with Gasteiger partial charge in [-0.25, -0.2) is 0 Å². The second-order valence-electron chi connectivity index (χ2n) is 7.02. The summed E-state index contributed by atoms with van der Waals surface area (Å²) < 4.78 is 0. The highest BCUT2D eigenvalue weighted by molar-refractivity contribution is 4.94. The number of rotatable bonds is 7. The molecule has 0 aromatic heterocycles. The molecule has 0 spiro atoms. The van der Waals surface area contributed by atoms with Crippen molar-refractivity contribution in [3.63, 3.8) is 0 Å². The van der Waals surface area contributed by atoms with Gasteiger partial charge >= 0.3 is 0 Å². The Labute approximate surface area is 120 Å². The van der Waals surface area contributed by atoms with Crippen molar-refractivity contribution in [3.05, 3.63) is 0 Å². The summed E-state index contributed by atoms with van der Waals surface area (Å²) in [5.41, 5.74) is 6.31. The fraction of sp³-hybridized carbons (Fsp3) is 1.00. The summed E-state index contributed by atoms with van der Waals surface area (Å²) in [4.78, 5) is 2.74. The van der Waals surface area contributed by atoms with Gasteiger partial charge in [-0.2, -0.15) is 0 Å². The number of hydrogen-bond donors (Lipinski definition) is 1. The SMILES string of the molecule is CCCCCCCC(C)N1CC2CCCC(N)C2C1. The van der Waals surface area contributed by atoms with Crippen LogP contribution in [0.5, 0.6) is 0 Å². The lowest BCUT2D eigenvalue weighted by Crippen LogP contribution is -2.38. The van der Waals surface area contributed by atoms with Crippen molar-refractivity contribution in [2.24, 2.45) is 17.6 Å². The molecule has 4 atom stereocenters. The molecule has 2 rings (SSSR count). The first-order valence-electron chi connectivity index (χ1n) is 8.72. The van der Waals surface area contributed by atoms with E-state index in [1.165, 1.54) is 70.9 Å². The molecular weight excluding hydrogens is 232 g/mol. The van der Waals surface area contributed by atoms with Gasteiger partial charge in [0.25, 0.3) is 0 Å². The summed E-state index contributed by atoms with van der Waals surface area (Å²) in [6, 6.07) is 1.26. The molecule has 0 radical (unpaired) electrons. The van der Waals surface area contributed by atoms with Crippen molar-refractivity contribution >= 4 is 0 Å². The average molecular weight is 266 g/mol. The minimum Gasteiger partial charge on any atom is -0.327 e. The molecule has 112 valence electrons. The van der Waals surface area contributed by atoms with Crippen LogP contribution >= 0.6 is 0 Å². The maximum atomic E-state index is 6.31. The van der Waals surface area contributed by atoms with E-state index in [9.17, 15) is 0 Å². The standard InChI is InChI=1S/C17H34N2/c1-3-4-5-6-7-9-14(2)19-12-15-10-8-11-17(18)16(15)13-19/h14-17H,3-13,18H2,1-2H3. The van der Waals surface area contributed by atoms with Gasteiger partial charge in [0, 0.05) is 25.2 Å². The van der Waals surface area contributed by atoms with Crippen LogP contribution in [0.15, 0.2) is 0 Å². The van der Waals surface area contributed by atoms with Gasteiger partial charge in [0.15, 0.2) is 0 Å². The van der Waals surface area contributed by atoms with Crippen LogP contribution in [-0.2, 0) is 0 Å². The van der Waals surface area contributed by atoms with Crippen LogP contribution in [0.2, 0.25) is 0 Å². The molecule has 2 nitrogen and oxygen atoms in total. The van der Waals surface area contributed by atoms with Crippen molar-refractivity contribution < 1.29 is 0 Å². The number of hydrogen-bond acceptors (Lipinski definition) is 2. The monoisotopic (exact) mass is 266 g/mol. The average Bonchev–Trinajstić information content (AvgIpc) is 2.84. The fourth-order valence-electron chi connectivity index (χ4n) is 4.14. The Morgan fingerprint density at radius 1 is 1.11 bits per heavy atom. The Morgan fingerprint density at radius 2 is 1.89 bits per heavy atom. The van der Waals surface area contributed by atoms with Gasteiger partial charge in [0.1, 0.15) is 0 Å². The van der Waals surface area contributed by atoms with Crippen molar-refractivity contribution in [2.45, 2.75) is 83.7 Å². The highest BCUT2D eigenvalue weighted by atomic mass is 15.2. The summed E-state index contributed by atoms with van der Waals surface area (Å²) in [6.45, 7) is 7.33. The van der Waals surface area contributed by atoms with Gasteiger partial charge in [0.05, 0.1) is 0 Å². The molecule has 2 N–H and O–H groups in total. The topological polar surface area (TPSA) is 29.3 Å². The third kappa shape index (κ3) is 4.19. The molecule has 2 heteroatoms. The Hall–Kier alpha value is -0.0800. The zero-order valence-electron chi connectivity index (χ0n) is 13.1. The minimum atomic E-state index is 0.487. The molecule has 4 unspecified atom stereocenters. The lowest BCUT2D eigenvalue weighted by atomic mass is 9.78. The second kappa shape index (κ2) is 7.64. The van der Waals surface area contributed by atoms with Gasteiger partial charge in [-0.3, -0.25) is 0 Å². The molecule has 0 amide bonds. The van der Waals surface area contributed by atoms with Gasteiger partial charge in [-0.1, -0.05) is 45.4 Å². The summed E-state index contributed by atoms with van der Waals surface area (Å²) in [6.07, 6.45) is 12.5. The van der Waals surface area contributed by atoms with Gasteiger partial charge in [-0.15, -0.1) is 0 Å². The molecule has 1 saturated heterocycles. The quantitative estimate of drug-likeness (QED) is 0.710. The van der Waals surface area contributed by atoms with Crippen molar-refractivity contribution in [1.29, 1.82) is 0 Å². The summed E-state index contributed by atoms with van der Waals surface area (Å²) in [5, 5.41) is 0. The number of nitrogens with two attached hydrogens (primary N) is 1. The first-order chi connectivity index (χ1) is 9.22. The molecule has 1 heterocycles. The highest BCUT2D eigenvalue weighted by Gasteiger charge is 2.39. The van der Waals surface area contributed by atoms with Crippen LogP contribution in [0, 0.1) is 11.8 Å². The summed E-state index contributed by atoms with van der Waals surface area (Å²) in [5.74, 6) is 1.71. The smallest absolute Gasteiger partial charge is 0.00825 e. The van der Waals surface area contributed by atoms with Crippen LogP contribution in [-0.4, -0.2) is 30.1 Å². The lowest BCUT2D eigenvalue weighted by Gasteiger charge is -2.30. The number of fused-ring (bicyclic) bond motifs is 1. The van der Waals surface area contributed by atoms with E-state index in [0.29, 0.717) is 6.04 Å². The van der Waals surface area contributed by atoms with E-state index in [1.54, 1.807) is 0 Å². The fourth-order valence-corrected chi connectivity index (χ4v) is 4.14. The Bertz CT molecular complexity index is 254. The largest absolute Gasteiger partial charge is 0.327 e. The van der Waals surface area contributed by atoms with E-state index < -0.39 is 0 Å². The normalized spacial score (nSPS) is 33.3. The predicted octanol–water partition coefficient (Wildman–Crippen LogP) is 3.79. The third-order valence-corrected chi connectivity index (χ3v) is 5.53. The summed E-state index contributed by atoms with van der Waals surface area (Å²) in [7, 11) is 0. The highest BCUT2D eigenvalue weighted by Crippen LogP contribution is 2.36. The van der Waals surface area contributed by atoms with Gasteiger partial charge < -0.3 is 10.6 Å². The summed E-state index contributed by atoms with van der Waals surface area (Å²) >= 11 is 0. The van der Waals surface area contributed by atoms with Crippen LogP contribution in [0.3, 0.4) is 0 Å². The van der Waals surface area contributed by atoms with E-state index in [1.807, 2.05) is 0 Å². The van der Waals surface area contributed by atoms with E-state index in [-0.39, 0.29) is 0 Å². The van der Waals surface area contributed by atoms with E-state index in [2.05, 4.69) is 18.7 Å². The molecule has 1 aliphatic heterocycles. The Kier molecular flexibility index (Phi) is 6.15. The van der Waals surface area contributed by atoms with Crippen LogP contribution in [0.1, 0.15) is 71.6 Å². The van der Waals surface area contributed by atoms with Crippen molar-refractivity contribution in [1.82, 2.24) is 4.90 Å². The first-order valence-corrected chi connectivity index (χ1v) is 8.72. The molecule has 1 aliphatic carbocycles. The molecule has 0 aromatic rings. The van der Waals surface area contributed by atoms with Gasteiger partial charge in [0.2, 0.25) is 0 Å². The molecule has 19 heavy (non-hydrogen) atoms. The van der Waals surface area contributed by atoms with Crippen molar-refractivity contribution in [3.8, 4) is 0 Å². The molecule has 2 aliphatic rings. The van der Waals surface area contributed by atoms with Crippen molar-refractivity contribution in [2.75, 3.05) is 13.1 Å². The maximum absolute atomic E-state index is 6.31. The zero-order chi connectivity index (χ0) is 13.7. The van der Waals surface area contributed by atoms with E-state index >= 15 is 0 Å². The number of unbranched alkanes of at least 4 members (excludes halogenated alkanes) is 4. The maximum Gasteiger partial charge on any atom is 0.00825 e. The number of nitrogens with zero attached hydrogens (tertiary/aromatic N) is 1. The zero-order valence-corrected chi connectivity index (χ0v) is 13.1. The second-order valence-corrected chi connectivity index (χ2v) is 7.02. The molecule has 0 bridgehead atoms. The van der Waals surface area contributed by atoms with Crippen LogP contribution in [0.25, 0.3) is 0 Å². The minimum absolute atomic E-state index is 0.487. The van der Waals surface area contributed by atoms with Gasteiger partial charge in [-0.05, 0) is 38.0 Å². The first kappa shape index (κ1) is 15.3. The van der Waals surface area contributed by atoms with Crippen LogP contribution in [0.4, 0.5) is 0 Å². The molecule has 2 fully saturated rings. The Morgan fingerprint density at radius 3 is 2.63 bits per heavy atom. The molecule has 0 aromatic carbocycles. The molecule has 1 saturated carbocycles. The molecular formula is C17H34N2. The lowest BCUT2D eigenvalue weighted by molar-refractivity contribution is 0.228. The third-order valence-electron chi connectivity index (χ3n) is 5.53. The Balaban J connectivity index is 1.67. The predicted molar refractivity (Wildman–Crippen MR) is 83.2 cm³/mol. The van der Waals surface area contributed by atoms with E-state index in [4.69, 9.17) is 5.73 Å². The number of likely N-dealkylation sites (tertiary alicyclic amines) is 1.